The maximum Gasteiger partial charge on any atom is 0.315 e. The number of nitrogens with one attached hydrogen (secondary N) is 1. The van der Waals surface area contributed by atoms with Gasteiger partial charge in [-0.1, -0.05) is 109 Å². The fraction of sp³-hybridized carbons (Fsp3) is 0.250. The number of hydrogen-bond acceptors (Lipinski definition) is 7. The van der Waals surface area contributed by atoms with E-state index >= 15 is 0 Å². The first-order valence-electron chi connectivity index (χ1n) is 14.4. The highest BCUT2D eigenvalue weighted by molar-refractivity contribution is 6.06. The van der Waals surface area contributed by atoms with E-state index in [2.05, 4.69) is 10.5 Å². The fourth-order valence-electron chi connectivity index (χ4n) is 5.62. The van der Waals surface area contributed by atoms with Crippen molar-refractivity contribution in [3.63, 3.8) is 0 Å². The van der Waals surface area contributed by atoms with E-state index in [4.69, 9.17) is 9.47 Å². The molecule has 0 saturated heterocycles. The number of para-hydroxylation sites is 1. The Bertz CT molecular complexity index is 1540. The molecule has 4 aromatic carbocycles. The molecule has 0 amide bonds. The molecular formula is C36H36N2O5. The van der Waals surface area contributed by atoms with Gasteiger partial charge in [0.05, 0.1) is 22.9 Å². The van der Waals surface area contributed by atoms with Crippen molar-refractivity contribution in [1.29, 1.82) is 0 Å². The van der Waals surface area contributed by atoms with Crippen molar-refractivity contribution in [2.45, 2.75) is 45.0 Å². The third-order valence-electron chi connectivity index (χ3n) is 7.81. The van der Waals surface area contributed by atoms with E-state index in [1.54, 1.807) is 6.92 Å². The van der Waals surface area contributed by atoms with E-state index in [0.717, 1.165) is 22.4 Å². The van der Waals surface area contributed by atoms with Gasteiger partial charge in [0.25, 0.3) is 0 Å². The van der Waals surface area contributed by atoms with Gasteiger partial charge in [-0.2, -0.15) is 5.10 Å². The normalized spacial score (nSPS) is 22.5. The van der Waals surface area contributed by atoms with Gasteiger partial charge in [-0.05, 0) is 42.7 Å². The zero-order valence-electron chi connectivity index (χ0n) is 24.4. The molecule has 0 spiro atoms. The third-order valence-corrected chi connectivity index (χ3v) is 7.81. The van der Waals surface area contributed by atoms with Crippen molar-refractivity contribution < 1.29 is 24.2 Å². The van der Waals surface area contributed by atoms with E-state index in [9.17, 15) is 14.7 Å². The molecule has 7 nitrogen and oxygen atoms in total. The number of carbonyl (C=O) groups excluding carboxylic acids is 2. The van der Waals surface area contributed by atoms with Gasteiger partial charge >= 0.3 is 11.9 Å². The van der Waals surface area contributed by atoms with Crippen molar-refractivity contribution in [2.24, 2.45) is 16.9 Å². The Balaban J connectivity index is 1.54. The highest BCUT2D eigenvalue weighted by atomic mass is 16.5. The first-order valence-corrected chi connectivity index (χ1v) is 14.4. The van der Waals surface area contributed by atoms with Crippen LogP contribution in [0.5, 0.6) is 0 Å². The van der Waals surface area contributed by atoms with Gasteiger partial charge < -0.3 is 14.6 Å². The summed E-state index contributed by atoms with van der Waals surface area (Å²) in [6.45, 7) is 3.68. The fourth-order valence-corrected chi connectivity index (χ4v) is 5.62. The Morgan fingerprint density at radius 1 is 0.791 bits per heavy atom. The topological polar surface area (TPSA) is 97.2 Å². The second kappa shape index (κ2) is 13.5. The Hall–Kier alpha value is -4.75. The summed E-state index contributed by atoms with van der Waals surface area (Å²) in [6.07, 6.45) is -0.0363. The lowest BCUT2D eigenvalue weighted by Gasteiger charge is -2.45. The van der Waals surface area contributed by atoms with Crippen LogP contribution in [0.2, 0.25) is 0 Å². The largest absolute Gasteiger partial charge is 0.461 e. The average Bonchev–Trinajstić information content (AvgIpc) is 3.02. The molecule has 0 unspecified atom stereocenters. The molecule has 1 fully saturated rings. The lowest BCUT2D eigenvalue weighted by molar-refractivity contribution is -0.165. The number of aliphatic hydroxyl groups is 1. The van der Waals surface area contributed by atoms with Gasteiger partial charge in [-0.15, -0.1) is 0 Å². The molecule has 5 rings (SSSR count). The summed E-state index contributed by atoms with van der Waals surface area (Å²) in [7, 11) is 0. The van der Waals surface area contributed by atoms with Crippen LogP contribution in [0.4, 0.5) is 5.69 Å². The highest BCUT2D eigenvalue weighted by Gasteiger charge is 2.56. The monoisotopic (exact) mass is 576 g/mol. The van der Waals surface area contributed by atoms with Gasteiger partial charge in [0.1, 0.15) is 19.1 Å². The van der Waals surface area contributed by atoms with Crippen LogP contribution in [0.15, 0.2) is 120 Å². The van der Waals surface area contributed by atoms with Crippen LogP contribution in [0, 0.1) is 18.8 Å². The number of benzene rings is 4. The van der Waals surface area contributed by atoms with E-state index in [0.29, 0.717) is 11.3 Å². The third kappa shape index (κ3) is 7.37. The second-order valence-corrected chi connectivity index (χ2v) is 11.2. The number of nitrogens with zero attached hydrogens (tertiary/aromatic N) is 1. The van der Waals surface area contributed by atoms with Gasteiger partial charge in [0.15, 0.2) is 0 Å². The molecule has 1 aliphatic rings. The van der Waals surface area contributed by atoms with Crippen molar-refractivity contribution in [2.75, 3.05) is 5.43 Å². The maximum absolute atomic E-state index is 14.0. The van der Waals surface area contributed by atoms with Crippen LogP contribution in [0.3, 0.4) is 0 Å². The quantitative estimate of drug-likeness (QED) is 0.176. The molecule has 0 radical (unpaired) electrons. The molecule has 0 heterocycles. The second-order valence-electron chi connectivity index (χ2n) is 11.2. The summed E-state index contributed by atoms with van der Waals surface area (Å²) in [4.78, 5) is 27.9. The minimum absolute atomic E-state index is 0.0363. The molecular weight excluding hydrogens is 540 g/mol. The van der Waals surface area contributed by atoms with E-state index in [1.165, 1.54) is 0 Å². The number of hydrogen-bond donors (Lipinski definition) is 2. The van der Waals surface area contributed by atoms with Crippen LogP contribution in [-0.4, -0.2) is 28.4 Å². The molecule has 4 aromatic rings. The Morgan fingerprint density at radius 3 is 1.86 bits per heavy atom. The molecule has 0 aliphatic heterocycles. The lowest BCUT2D eigenvalue weighted by atomic mass is 9.61. The van der Waals surface area contributed by atoms with Gasteiger partial charge in [0.2, 0.25) is 0 Å². The smallest absolute Gasteiger partial charge is 0.315 e. The standard InChI is InChI=1S/C36H36N2O5/c1-25-18-20-28(21-19-25)31-32(34(39)42-23-26-12-6-3-7-13-26)30(38-37-29-16-10-5-11-17-29)22-36(2,41)33(31)35(40)43-24-27-14-8-4-9-15-27/h3-21,31-33,37,41H,22-24H2,1-2H3/b38-30-/t31-,32-,33+,36-/m1/s1. The average molecular weight is 577 g/mol. The van der Waals surface area contributed by atoms with Crippen LogP contribution in [0.25, 0.3) is 0 Å². The van der Waals surface area contributed by atoms with Crippen molar-refractivity contribution in [1.82, 2.24) is 0 Å². The lowest BCUT2D eigenvalue weighted by Crippen LogP contribution is -2.55. The molecule has 2 N–H and O–H groups in total. The summed E-state index contributed by atoms with van der Waals surface area (Å²) < 4.78 is 11.7. The number of ether oxygens (including phenoxy) is 2. The molecule has 0 aromatic heterocycles. The SMILES string of the molecule is Cc1ccc([C@@H]2[C@H](C(=O)OCc3ccccc3)/C(=N\Nc3ccccc3)C[C@@](C)(O)[C@@H]2C(=O)OCc2ccccc2)cc1. The zero-order chi connectivity index (χ0) is 30.2. The van der Waals surface area contributed by atoms with E-state index < -0.39 is 35.3 Å². The summed E-state index contributed by atoms with van der Waals surface area (Å²) in [6, 6.07) is 35.8. The zero-order valence-corrected chi connectivity index (χ0v) is 24.4. The number of anilines is 1. The molecule has 7 heteroatoms. The Morgan fingerprint density at radius 2 is 1.30 bits per heavy atom. The molecule has 1 saturated carbocycles. The predicted octanol–water partition coefficient (Wildman–Crippen LogP) is 6.42. The number of esters is 2. The summed E-state index contributed by atoms with van der Waals surface area (Å²) >= 11 is 0. The van der Waals surface area contributed by atoms with Gasteiger partial charge in [0, 0.05) is 12.3 Å². The first-order chi connectivity index (χ1) is 20.8. The van der Waals surface area contributed by atoms with Crippen LogP contribution >= 0.6 is 0 Å². The Labute approximate surface area is 252 Å². The summed E-state index contributed by atoms with van der Waals surface area (Å²) in [5.74, 6) is -3.94. The highest BCUT2D eigenvalue weighted by Crippen LogP contribution is 2.47. The van der Waals surface area contributed by atoms with Crippen LogP contribution in [-0.2, 0) is 32.3 Å². The predicted molar refractivity (Wildman–Crippen MR) is 166 cm³/mol. The molecule has 0 bridgehead atoms. The molecule has 220 valence electrons. The first kappa shape index (κ1) is 29.7. The maximum atomic E-state index is 14.0. The van der Waals surface area contributed by atoms with Crippen molar-refractivity contribution in [3.8, 4) is 0 Å². The van der Waals surface area contributed by atoms with Crippen molar-refractivity contribution >= 4 is 23.3 Å². The summed E-state index contributed by atoms with van der Waals surface area (Å²) in [5, 5.41) is 16.5. The van der Waals surface area contributed by atoms with Crippen LogP contribution < -0.4 is 5.43 Å². The minimum Gasteiger partial charge on any atom is -0.461 e. The van der Waals surface area contributed by atoms with Gasteiger partial charge in [-0.3, -0.25) is 15.0 Å². The number of rotatable bonds is 9. The van der Waals surface area contributed by atoms with E-state index in [-0.39, 0.29) is 19.6 Å². The molecule has 1 aliphatic carbocycles. The number of carbonyl (C=O) groups is 2. The number of aryl methyl sites for hydroxylation is 1. The number of hydrazone groups is 1. The van der Waals surface area contributed by atoms with Crippen molar-refractivity contribution in [3.05, 3.63) is 138 Å². The molecule has 43 heavy (non-hydrogen) atoms. The summed E-state index contributed by atoms with van der Waals surface area (Å²) in [5.41, 5.74) is 5.98. The van der Waals surface area contributed by atoms with Gasteiger partial charge in [-0.25, -0.2) is 0 Å². The van der Waals surface area contributed by atoms with E-state index in [1.807, 2.05) is 122 Å². The molecule has 4 atom stereocenters. The minimum atomic E-state index is -1.57. The Kier molecular flexibility index (Phi) is 9.32. The van der Waals surface area contributed by atoms with Crippen LogP contribution in [0.1, 0.15) is 41.5 Å².